The maximum absolute atomic E-state index is 12.3. The largest absolute Gasteiger partial charge is 0.391 e. The first-order chi connectivity index (χ1) is 8.49. The first-order valence-electron chi connectivity index (χ1n) is 5.91. The molecule has 0 saturated carbocycles. The number of hydrogen-bond donors (Lipinski definition) is 1. The van der Waals surface area contributed by atoms with Gasteiger partial charge in [-0.25, -0.2) is 0 Å². The van der Waals surface area contributed by atoms with Crippen LogP contribution in [0.25, 0.3) is 0 Å². The van der Waals surface area contributed by atoms with Crippen LogP contribution < -0.4 is 0 Å². The summed E-state index contributed by atoms with van der Waals surface area (Å²) in [5, 5.41) is 10.3. The van der Waals surface area contributed by atoms with E-state index < -0.39 is 6.10 Å². The summed E-state index contributed by atoms with van der Waals surface area (Å²) in [7, 11) is 0. The zero-order valence-corrected chi connectivity index (χ0v) is 12.4. The zero-order chi connectivity index (χ0) is 13.3. The first-order valence-corrected chi connectivity index (χ1v) is 7.08. The molecule has 0 aromatic heterocycles. The van der Waals surface area contributed by atoms with Gasteiger partial charge in [0.1, 0.15) is 0 Å². The number of aliphatic hydroxyl groups excluding tert-OH is 1. The van der Waals surface area contributed by atoms with Crippen molar-refractivity contribution in [2.75, 3.05) is 13.1 Å². The number of β-amino-alcohol motifs (C(OH)–C–C–N with tert-alkyl or cyclic N) is 1. The van der Waals surface area contributed by atoms with Gasteiger partial charge in [-0.3, -0.25) is 4.79 Å². The molecule has 2 unspecified atom stereocenters. The third-order valence-corrected chi connectivity index (χ3v) is 4.60. The predicted molar refractivity (Wildman–Crippen MR) is 74.8 cm³/mol. The quantitative estimate of drug-likeness (QED) is 0.859. The molecule has 0 aliphatic carbocycles. The number of amides is 1. The summed E-state index contributed by atoms with van der Waals surface area (Å²) in [4.78, 5) is 13.9. The minimum Gasteiger partial charge on any atom is -0.391 e. The second-order valence-electron chi connectivity index (χ2n) is 4.71. The van der Waals surface area contributed by atoms with Crippen molar-refractivity contribution in [3.05, 3.63) is 33.3 Å². The summed E-state index contributed by atoms with van der Waals surface area (Å²) in [6.07, 6.45) is 0.394. The molecule has 2 rings (SSSR count). The molecule has 1 heterocycles. The van der Waals surface area contributed by atoms with Gasteiger partial charge in [-0.2, -0.15) is 0 Å². The van der Waals surface area contributed by atoms with Crippen LogP contribution in [0.15, 0.2) is 22.7 Å². The summed E-state index contributed by atoms with van der Waals surface area (Å²) in [6.45, 7) is 3.08. The molecule has 0 spiro atoms. The number of rotatable bonds is 1. The number of benzene rings is 1. The molecule has 1 saturated heterocycles. The van der Waals surface area contributed by atoms with Crippen molar-refractivity contribution in [1.29, 1.82) is 0 Å². The lowest BCUT2D eigenvalue weighted by Gasteiger charge is -2.34. The maximum atomic E-state index is 12.3. The van der Waals surface area contributed by atoms with Gasteiger partial charge in [0.25, 0.3) is 5.91 Å². The van der Waals surface area contributed by atoms with Gasteiger partial charge in [0.2, 0.25) is 0 Å². The fraction of sp³-hybridized carbons (Fsp3) is 0.462. The first kappa shape index (κ1) is 13.8. The highest BCUT2D eigenvalue weighted by Crippen LogP contribution is 2.25. The van der Waals surface area contributed by atoms with Gasteiger partial charge in [0.15, 0.2) is 0 Å². The minimum atomic E-state index is -0.436. The second kappa shape index (κ2) is 5.59. The molecule has 98 valence electrons. The van der Waals surface area contributed by atoms with Crippen LogP contribution in [-0.4, -0.2) is 35.1 Å². The van der Waals surface area contributed by atoms with E-state index in [0.29, 0.717) is 23.7 Å². The molecule has 0 radical (unpaired) electrons. The molecule has 3 nitrogen and oxygen atoms in total. The van der Waals surface area contributed by atoms with Crippen molar-refractivity contribution < 1.29 is 9.90 Å². The summed E-state index contributed by atoms with van der Waals surface area (Å²) in [5.41, 5.74) is 0.560. The van der Waals surface area contributed by atoms with Gasteiger partial charge < -0.3 is 10.0 Å². The predicted octanol–water partition coefficient (Wildman–Crippen LogP) is 2.95. The monoisotopic (exact) mass is 331 g/mol. The lowest BCUT2D eigenvalue weighted by molar-refractivity contribution is 0.0248. The summed E-state index contributed by atoms with van der Waals surface area (Å²) < 4.78 is 0.771. The molecular formula is C13H15BrClNO2. The van der Waals surface area contributed by atoms with Crippen LogP contribution in [0, 0.1) is 5.92 Å². The normalized spacial score (nSPS) is 24.1. The minimum absolute atomic E-state index is 0.0737. The van der Waals surface area contributed by atoms with Crippen LogP contribution in [0.1, 0.15) is 23.7 Å². The Balaban J connectivity index is 2.14. The van der Waals surface area contributed by atoms with E-state index in [1.807, 2.05) is 6.92 Å². The van der Waals surface area contributed by atoms with Gasteiger partial charge in [-0.1, -0.05) is 18.5 Å². The maximum Gasteiger partial charge on any atom is 0.253 e. The second-order valence-corrected chi connectivity index (χ2v) is 5.97. The van der Waals surface area contributed by atoms with E-state index in [1.54, 1.807) is 23.1 Å². The highest BCUT2D eigenvalue weighted by Gasteiger charge is 2.27. The molecule has 1 amide bonds. The molecule has 1 N–H and O–H groups in total. The Morgan fingerprint density at radius 1 is 1.56 bits per heavy atom. The average molecular weight is 333 g/mol. The number of carbonyl (C=O) groups excluding carboxylic acids is 1. The Labute approximate surface area is 120 Å². The summed E-state index contributed by atoms with van der Waals surface area (Å²) >= 11 is 9.28. The van der Waals surface area contributed by atoms with Crippen molar-refractivity contribution >= 4 is 33.4 Å². The van der Waals surface area contributed by atoms with Gasteiger partial charge >= 0.3 is 0 Å². The number of likely N-dealkylation sites (tertiary alicyclic amines) is 1. The van der Waals surface area contributed by atoms with Crippen LogP contribution in [-0.2, 0) is 0 Å². The Morgan fingerprint density at radius 2 is 2.28 bits per heavy atom. The molecule has 1 fully saturated rings. The number of halogens is 2. The van der Waals surface area contributed by atoms with Gasteiger partial charge in [-0.05, 0) is 46.5 Å². The van der Waals surface area contributed by atoms with E-state index in [9.17, 15) is 9.90 Å². The molecule has 2 atom stereocenters. The number of piperidine rings is 1. The Morgan fingerprint density at radius 3 is 2.89 bits per heavy atom. The lowest BCUT2D eigenvalue weighted by Crippen LogP contribution is -2.45. The van der Waals surface area contributed by atoms with Crippen LogP contribution in [0.2, 0.25) is 5.02 Å². The third-order valence-electron chi connectivity index (χ3n) is 3.37. The van der Waals surface area contributed by atoms with Gasteiger partial charge in [-0.15, -0.1) is 0 Å². The van der Waals surface area contributed by atoms with Crippen LogP contribution in [0.5, 0.6) is 0 Å². The highest BCUT2D eigenvalue weighted by molar-refractivity contribution is 9.10. The van der Waals surface area contributed by atoms with Crippen LogP contribution in [0.4, 0.5) is 0 Å². The van der Waals surface area contributed by atoms with E-state index in [0.717, 1.165) is 10.9 Å². The molecule has 1 aliphatic rings. The van der Waals surface area contributed by atoms with E-state index >= 15 is 0 Å². The van der Waals surface area contributed by atoms with Crippen LogP contribution >= 0.6 is 27.5 Å². The number of hydrogen-bond acceptors (Lipinski definition) is 2. The molecule has 1 aliphatic heterocycles. The van der Waals surface area contributed by atoms with Crippen molar-refractivity contribution in [3.63, 3.8) is 0 Å². The topological polar surface area (TPSA) is 40.5 Å². The van der Waals surface area contributed by atoms with E-state index in [1.165, 1.54) is 0 Å². The van der Waals surface area contributed by atoms with Gasteiger partial charge in [0.05, 0.1) is 11.1 Å². The Hall–Kier alpha value is -0.580. The number of aliphatic hydroxyl groups is 1. The third kappa shape index (κ3) is 2.87. The molecule has 5 heteroatoms. The number of carbonyl (C=O) groups is 1. The molecular weight excluding hydrogens is 318 g/mol. The number of nitrogens with zero attached hydrogens (tertiary/aromatic N) is 1. The fourth-order valence-electron chi connectivity index (χ4n) is 2.05. The Bertz CT molecular complexity index is 466. The average Bonchev–Trinajstić information content (AvgIpc) is 2.35. The fourth-order valence-corrected chi connectivity index (χ4v) is 2.47. The van der Waals surface area contributed by atoms with Crippen molar-refractivity contribution in [2.45, 2.75) is 19.4 Å². The molecule has 0 bridgehead atoms. The zero-order valence-electron chi connectivity index (χ0n) is 10.1. The van der Waals surface area contributed by atoms with E-state index in [4.69, 9.17) is 11.6 Å². The highest BCUT2D eigenvalue weighted by atomic mass is 79.9. The van der Waals surface area contributed by atoms with Crippen molar-refractivity contribution in [3.8, 4) is 0 Å². The summed E-state index contributed by atoms with van der Waals surface area (Å²) in [5.74, 6) is 0.179. The smallest absolute Gasteiger partial charge is 0.253 e. The SMILES string of the molecule is CC1CCN(C(=O)c2ccc(Br)c(Cl)c2)CC1O. The van der Waals surface area contributed by atoms with Crippen molar-refractivity contribution in [1.82, 2.24) is 4.90 Å². The summed E-state index contributed by atoms with van der Waals surface area (Å²) in [6, 6.07) is 5.15. The molecule has 1 aromatic carbocycles. The van der Waals surface area contributed by atoms with Crippen LogP contribution in [0.3, 0.4) is 0 Å². The Kier molecular flexibility index (Phi) is 4.30. The van der Waals surface area contributed by atoms with E-state index in [-0.39, 0.29) is 11.8 Å². The molecule has 18 heavy (non-hydrogen) atoms. The molecule has 1 aromatic rings. The lowest BCUT2D eigenvalue weighted by atomic mass is 9.95. The standard InChI is InChI=1S/C13H15BrClNO2/c1-8-4-5-16(7-12(8)17)13(18)9-2-3-10(14)11(15)6-9/h2-3,6,8,12,17H,4-5,7H2,1H3. The van der Waals surface area contributed by atoms with Gasteiger partial charge in [0, 0.05) is 23.1 Å². The van der Waals surface area contributed by atoms with Crippen molar-refractivity contribution in [2.24, 2.45) is 5.92 Å². The van der Waals surface area contributed by atoms with E-state index in [2.05, 4.69) is 15.9 Å².